The largest absolute Gasteiger partial charge is 0.478 e. The smallest absolute Gasteiger partial charge is 0.335 e. The fourth-order valence-electron chi connectivity index (χ4n) is 2.39. The maximum Gasteiger partial charge on any atom is 0.335 e. The number of carboxylic acids is 1. The molecule has 1 aromatic heterocycles. The van der Waals surface area contributed by atoms with Gasteiger partial charge in [0.15, 0.2) is 0 Å². The molecule has 0 aliphatic carbocycles. The minimum absolute atomic E-state index is 0.175. The van der Waals surface area contributed by atoms with Gasteiger partial charge in [0.2, 0.25) is 0 Å². The number of carbonyl (C=O) groups excluding carboxylic acids is 1. The molecule has 0 saturated heterocycles. The van der Waals surface area contributed by atoms with Gasteiger partial charge in [-0.3, -0.25) is 4.79 Å². The lowest BCUT2D eigenvalue weighted by Crippen LogP contribution is -2.30. The number of rotatable bonds is 2. The number of aromatic carboxylic acids is 1. The molecule has 5 nitrogen and oxygen atoms in total. The lowest BCUT2D eigenvalue weighted by atomic mass is 10.1. The van der Waals surface area contributed by atoms with Crippen LogP contribution in [-0.2, 0) is 6.42 Å². The molecule has 1 amide bonds. The van der Waals surface area contributed by atoms with Crippen molar-refractivity contribution >= 4 is 33.5 Å². The Labute approximate surface area is 129 Å². The minimum Gasteiger partial charge on any atom is -0.478 e. The SMILES string of the molecule is O=C(O)c1ccc2c(c1)N(C(=O)c1ncccc1Br)CC2. The second-order valence-electron chi connectivity index (χ2n) is 4.69. The van der Waals surface area contributed by atoms with Crippen molar-refractivity contribution in [2.24, 2.45) is 0 Å². The Hall–Kier alpha value is -2.21. The van der Waals surface area contributed by atoms with Crippen LogP contribution >= 0.6 is 15.9 Å². The zero-order valence-electron chi connectivity index (χ0n) is 10.9. The molecule has 1 aliphatic heterocycles. The van der Waals surface area contributed by atoms with Crippen molar-refractivity contribution in [2.75, 3.05) is 11.4 Å². The number of fused-ring (bicyclic) bond motifs is 1. The zero-order valence-corrected chi connectivity index (χ0v) is 12.5. The Morgan fingerprint density at radius 3 is 2.81 bits per heavy atom. The van der Waals surface area contributed by atoms with Gasteiger partial charge in [-0.1, -0.05) is 6.07 Å². The number of hydrogen-bond donors (Lipinski definition) is 1. The van der Waals surface area contributed by atoms with Crippen LogP contribution in [0.2, 0.25) is 0 Å². The topological polar surface area (TPSA) is 70.5 Å². The van der Waals surface area contributed by atoms with E-state index in [4.69, 9.17) is 5.11 Å². The first-order valence-electron chi connectivity index (χ1n) is 6.36. The van der Waals surface area contributed by atoms with Crippen LogP contribution in [0, 0.1) is 0 Å². The van der Waals surface area contributed by atoms with Crippen molar-refractivity contribution in [1.29, 1.82) is 0 Å². The molecule has 1 N–H and O–H groups in total. The number of amides is 1. The van der Waals surface area contributed by atoms with Crippen LogP contribution in [0.3, 0.4) is 0 Å². The standard InChI is InChI=1S/C15H11BrN2O3/c16-11-2-1-6-17-13(11)14(19)18-7-5-9-3-4-10(15(20)21)8-12(9)18/h1-4,6,8H,5,7H2,(H,20,21). The summed E-state index contributed by atoms with van der Waals surface area (Å²) in [5.41, 5.74) is 2.12. The predicted octanol–water partition coefficient (Wildman–Crippen LogP) is 2.75. The van der Waals surface area contributed by atoms with E-state index in [1.54, 1.807) is 41.4 Å². The second-order valence-corrected chi connectivity index (χ2v) is 5.54. The third-order valence-electron chi connectivity index (χ3n) is 3.43. The molecule has 0 atom stereocenters. The molecule has 21 heavy (non-hydrogen) atoms. The molecule has 1 aliphatic rings. The molecule has 1 aromatic carbocycles. The average molecular weight is 347 g/mol. The number of benzene rings is 1. The summed E-state index contributed by atoms with van der Waals surface area (Å²) in [5, 5.41) is 9.08. The fraction of sp³-hybridized carbons (Fsp3) is 0.133. The monoisotopic (exact) mass is 346 g/mol. The van der Waals surface area contributed by atoms with E-state index in [-0.39, 0.29) is 11.5 Å². The number of carbonyl (C=O) groups is 2. The van der Waals surface area contributed by atoms with Gasteiger partial charge in [-0.25, -0.2) is 9.78 Å². The molecule has 0 radical (unpaired) electrons. The highest BCUT2D eigenvalue weighted by molar-refractivity contribution is 9.10. The number of hydrogen-bond acceptors (Lipinski definition) is 3. The van der Waals surface area contributed by atoms with E-state index in [0.717, 1.165) is 5.56 Å². The summed E-state index contributed by atoms with van der Waals surface area (Å²) >= 11 is 3.32. The van der Waals surface area contributed by atoms with Gasteiger partial charge in [0.25, 0.3) is 5.91 Å². The van der Waals surface area contributed by atoms with Gasteiger partial charge < -0.3 is 10.0 Å². The highest BCUT2D eigenvalue weighted by Crippen LogP contribution is 2.31. The van der Waals surface area contributed by atoms with Crippen LogP contribution < -0.4 is 4.90 Å². The van der Waals surface area contributed by atoms with Crippen LogP contribution in [-0.4, -0.2) is 28.5 Å². The average Bonchev–Trinajstić information content (AvgIpc) is 2.90. The first-order valence-corrected chi connectivity index (χ1v) is 7.16. The molecule has 106 valence electrons. The van der Waals surface area contributed by atoms with Crippen molar-refractivity contribution < 1.29 is 14.7 Å². The molecule has 0 unspecified atom stereocenters. The summed E-state index contributed by atoms with van der Waals surface area (Å²) < 4.78 is 0.623. The number of halogens is 1. The van der Waals surface area contributed by atoms with Gasteiger partial charge in [-0.05, 0) is 52.2 Å². The summed E-state index contributed by atoms with van der Waals surface area (Å²) in [6.07, 6.45) is 2.27. The quantitative estimate of drug-likeness (QED) is 0.907. The van der Waals surface area contributed by atoms with Gasteiger partial charge in [0, 0.05) is 22.9 Å². The zero-order chi connectivity index (χ0) is 15.0. The molecular formula is C15H11BrN2O3. The molecule has 2 heterocycles. The van der Waals surface area contributed by atoms with Crippen LogP contribution in [0.1, 0.15) is 26.4 Å². The molecule has 0 saturated carbocycles. The summed E-state index contributed by atoms with van der Waals surface area (Å²) in [5.74, 6) is -1.24. The Bertz CT molecular complexity index is 745. The summed E-state index contributed by atoms with van der Waals surface area (Å²) in [6, 6.07) is 8.36. The molecule has 6 heteroatoms. The summed E-state index contributed by atoms with van der Waals surface area (Å²) in [6.45, 7) is 0.528. The van der Waals surface area contributed by atoms with E-state index in [0.29, 0.717) is 28.8 Å². The van der Waals surface area contributed by atoms with Crippen molar-refractivity contribution in [3.05, 3.63) is 57.8 Å². The van der Waals surface area contributed by atoms with Gasteiger partial charge >= 0.3 is 5.97 Å². The summed E-state index contributed by atoms with van der Waals surface area (Å²) in [4.78, 5) is 29.4. The molecule has 0 fully saturated rings. The minimum atomic E-state index is -1.00. The van der Waals surface area contributed by atoms with Crippen LogP contribution in [0.5, 0.6) is 0 Å². The van der Waals surface area contributed by atoms with Gasteiger partial charge in [0.05, 0.1) is 5.56 Å². The molecule has 0 bridgehead atoms. The molecule has 2 aromatic rings. The van der Waals surface area contributed by atoms with Gasteiger partial charge in [-0.2, -0.15) is 0 Å². The van der Waals surface area contributed by atoms with Crippen LogP contribution in [0.25, 0.3) is 0 Å². The predicted molar refractivity (Wildman–Crippen MR) is 80.7 cm³/mol. The van der Waals surface area contributed by atoms with Crippen molar-refractivity contribution in [3.63, 3.8) is 0 Å². The number of pyridine rings is 1. The van der Waals surface area contributed by atoms with E-state index in [2.05, 4.69) is 20.9 Å². The van der Waals surface area contributed by atoms with E-state index >= 15 is 0 Å². The third-order valence-corrected chi connectivity index (χ3v) is 4.07. The Morgan fingerprint density at radius 2 is 2.10 bits per heavy atom. The fourth-order valence-corrected chi connectivity index (χ4v) is 2.82. The van der Waals surface area contributed by atoms with E-state index in [1.165, 1.54) is 0 Å². The number of anilines is 1. The highest BCUT2D eigenvalue weighted by atomic mass is 79.9. The van der Waals surface area contributed by atoms with Crippen molar-refractivity contribution in [3.8, 4) is 0 Å². The van der Waals surface area contributed by atoms with E-state index in [9.17, 15) is 9.59 Å². The lowest BCUT2D eigenvalue weighted by molar-refractivity contribution is 0.0696. The molecule has 3 rings (SSSR count). The third kappa shape index (κ3) is 2.42. The van der Waals surface area contributed by atoms with Crippen LogP contribution in [0.15, 0.2) is 41.0 Å². The highest BCUT2D eigenvalue weighted by Gasteiger charge is 2.28. The number of carboxylic acid groups (broad SMARTS) is 1. The van der Waals surface area contributed by atoms with Crippen LogP contribution in [0.4, 0.5) is 5.69 Å². The number of nitrogens with zero attached hydrogens (tertiary/aromatic N) is 2. The second kappa shape index (κ2) is 5.29. The summed E-state index contributed by atoms with van der Waals surface area (Å²) in [7, 11) is 0. The van der Waals surface area contributed by atoms with E-state index < -0.39 is 5.97 Å². The Balaban J connectivity index is 2.01. The first kappa shape index (κ1) is 13.8. The van der Waals surface area contributed by atoms with Gasteiger partial charge in [-0.15, -0.1) is 0 Å². The lowest BCUT2D eigenvalue weighted by Gasteiger charge is -2.17. The van der Waals surface area contributed by atoms with Crippen molar-refractivity contribution in [1.82, 2.24) is 4.98 Å². The Morgan fingerprint density at radius 1 is 1.29 bits per heavy atom. The number of aromatic nitrogens is 1. The molecule has 0 spiro atoms. The maximum atomic E-state index is 12.6. The normalized spacial score (nSPS) is 13.1. The Kier molecular flexibility index (Phi) is 3.47. The first-order chi connectivity index (χ1) is 10.1. The van der Waals surface area contributed by atoms with E-state index in [1.807, 2.05) is 0 Å². The molecular weight excluding hydrogens is 336 g/mol. The maximum absolute atomic E-state index is 12.6. The van der Waals surface area contributed by atoms with Crippen molar-refractivity contribution in [2.45, 2.75) is 6.42 Å². The van der Waals surface area contributed by atoms with Gasteiger partial charge in [0.1, 0.15) is 5.69 Å².